The van der Waals surface area contributed by atoms with Gasteiger partial charge >= 0.3 is 0 Å². The van der Waals surface area contributed by atoms with Gasteiger partial charge in [0, 0.05) is 12.4 Å². The lowest BCUT2D eigenvalue weighted by molar-refractivity contribution is 0.683. The van der Waals surface area contributed by atoms with E-state index in [0.29, 0.717) is 0 Å². The second-order valence-electron chi connectivity index (χ2n) is 2.45. The van der Waals surface area contributed by atoms with Gasteiger partial charge in [-0.3, -0.25) is 4.98 Å². The average Bonchev–Trinajstić information content (AvgIpc) is 2.59. The predicted octanol–water partition coefficient (Wildman–Crippen LogP) is 0.721. The topological polar surface area (TPSA) is 43.6 Å². The Labute approximate surface area is 69.9 Å². The van der Waals surface area contributed by atoms with Crippen molar-refractivity contribution >= 4 is 0 Å². The van der Waals surface area contributed by atoms with Gasteiger partial charge in [-0.2, -0.15) is 5.10 Å². The number of pyridine rings is 1. The third-order valence-electron chi connectivity index (χ3n) is 1.53. The molecule has 0 atom stereocenters. The maximum atomic E-state index is 4.00. The highest BCUT2D eigenvalue weighted by atomic mass is 15.3. The molecule has 0 spiro atoms. The van der Waals surface area contributed by atoms with Gasteiger partial charge in [-0.1, -0.05) is 6.07 Å². The second-order valence-corrected chi connectivity index (χ2v) is 2.45. The average molecular weight is 160 g/mol. The molecule has 0 saturated carbocycles. The van der Waals surface area contributed by atoms with Crippen molar-refractivity contribution in [3.05, 3.63) is 42.7 Å². The zero-order chi connectivity index (χ0) is 8.23. The Balaban J connectivity index is 2.15. The van der Waals surface area contributed by atoms with Crippen LogP contribution in [0.1, 0.15) is 5.56 Å². The van der Waals surface area contributed by atoms with Crippen molar-refractivity contribution in [3.8, 4) is 0 Å². The van der Waals surface area contributed by atoms with Crippen molar-refractivity contribution in [1.82, 2.24) is 19.7 Å². The SMILES string of the molecule is c1cncc(Cn2cncn2)c1. The summed E-state index contributed by atoms with van der Waals surface area (Å²) in [5.41, 5.74) is 1.13. The van der Waals surface area contributed by atoms with E-state index in [1.807, 2.05) is 18.3 Å². The molecule has 60 valence electrons. The van der Waals surface area contributed by atoms with Crippen LogP contribution >= 0.6 is 0 Å². The van der Waals surface area contributed by atoms with Crippen LogP contribution in [-0.2, 0) is 6.54 Å². The van der Waals surface area contributed by atoms with Gasteiger partial charge in [0.2, 0.25) is 0 Å². The van der Waals surface area contributed by atoms with Crippen LogP contribution in [0.15, 0.2) is 37.2 Å². The minimum atomic E-state index is 0.730. The molecule has 0 saturated heterocycles. The molecule has 0 aliphatic carbocycles. The molecule has 0 aliphatic rings. The summed E-state index contributed by atoms with van der Waals surface area (Å²) in [4.78, 5) is 7.85. The van der Waals surface area contributed by atoms with E-state index in [-0.39, 0.29) is 0 Å². The van der Waals surface area contributed by atoms with E-state index in [9.17, 15) is 0 Å². The highest BCUT2D eigenvalue weighted by Crippen LogP contribution is 1.97. The molecule has 2 rings (SSSR count). The number of nitrogens with zero attached hydrogens (tertiary/aromatic N) is 4. The van der Waals surface area contributed by atoms with Crippen molar-refractivity contribution in [1.29, 1.82) is 0 Å². The van der Waals surface area contributed by atoms with Crippen LogP contribution in [0.3, 0.4) is 0 Å². The van der Waals surface area contributed by atoms with Crippen molar-refractivity contribution in [2.75, 3.05) is 0 Å². The molecule has 4 nitrogen and oxygen atoms in total. The minimum absolute atomic E-state index is 0.730. The van der Waals surface area contributed by atoms with Crippen LogP contribution in [0.2, 0.25) is 0 Å². The van der Waals surface area contributed by atoms with Crippen LogP contribution < -0.4 is 0 Å². The van der Waals surface area contributed by atoms with E-state index in [4.69, 9.17) is 0 Å². The largest absolute Gasteiger partial charge is 0.264 e. The third-order valence-corrected chi connectivity index (χ3v) is 1.53. The standard InChI is InChI=1S/C8H8N4/c1-2-8(4-9-3-1)5-12-7-10-6-11-12/h1-4,6-7H,5H2. The smallest absolute Gasteiger partial charge is 0.137 e. The molecule has 0 bridgehead atoms. The lowest BCUT2D eigenvalue weighted by atomic mass is 10.3. The Morgan fingerprint density at radius 3 is 3.00 bits per heavy atom. The summed E-state index contributed by atoms with van der Waals surface area (Å²) in [6, 6.07) is 3.92. The van der Waals surface area contributed by atoms with E-state index in [1.165, 1.54) is 6.33 Å². The monoisotopic (exact) mass is 160 g/mol. The summed E-state index contributed by atoms with van der Waals surface area (Å²) in [5.74, 6) is 0. The summed E-state index contributed by atoms with van der Waals surface area (Å²) in [5, 5.41) is 3.99. The van der Waals surface area contributed by atoms with Crippen molar-refractivity contribution in [2.45, 2.75) is 6.54 Å². The molecule has 0 radical (unpaired) electrons. The molecule has 0 unspecified atom stereocenters. The van der Waals surface area contributed by atoms with E-state index < -0.39 is 0 Å². The fourth-order valence-corrected chi connectivity index (χ4v) is 0.993. The number of hydrogen-bond donors (Lipinski definition) is 0. The van der Waals surface area contributed by atoms with Crippen LogP contribution in [0.4, 0.5) is 0 Å². The molecule has 0 aromatic carbocycles. The zero-order valence-electron chi connectivity index (χ0n) is 6.46. The van der Waals surface area contributed by atoms with Gasteiger partial charge in [-0.25, -0.2) is 9.67 Å². The fraction of sp³-hybridized carbons (Fsp3) is 0.125. The van der Waals surface area contributed by atoms with Gasteiger partial charge in [-0.05, 0) is 11.6 Å². The van der Waals surface area contributed by atoms with Gasteiger partial charge in [0.1, 0.15) is 12.7 Å². The van der Waals surface area contributed by atoms with E-state index in [0.717, 1.165) is 12.1 Å². The molecule has 2 aromatic heterocycles. The van der Waals surface area contributed by atoms with Crippen LogP contribution in [0.5, 0.6) is 0 Å². The lowest BCUT2D eigenvalue weighted by Gasteiger charge is -1.98. The predicted molar refractivity (Wildman–Crippen MR) is 43.4 cm³/mol. The summed E-state index contributed by atoms with van der Waals surface area (Å²) < 4.78 is 1.76. The van der Waals surface area contributed by atoms with Crippen molar-refractivity contribution in [3.63, 3.8) is 0 Å². The molecular formula is C8H8N4. The van der Waals surface area contributed by atoms with Gasteiger partial charge in [0.25, 0.3) is 0 Å². The first-order valence-electron chi connectivity index (χ1n) is 3.66. The van der Waals surface area contributed by atoms with Crippen molar-refractivity contribution < 1.29 is 0 Å². The normalized spacial score (nSPS) is 10.0. The van der Waals surface area contributed by atoms with Crippen molar-refractivity contribution in [2.24, 2.45) is 0 Å². The maximum Gasteiger partial charge on any atom is 0.137 e. The summed E-state index contributed by atoms with van der Waals surface area (Å²) in [6.07, 6.45) is 6.79. The number of rotatable bonds is 2. The third kappa shape index (κ3) is 1.47. The van der Waals surface area contributed by atoms with Gasteiger partial charge < -0.3 is 0 Å². The molecule has 0 fully saturated rings. The first-order chi connectivity index (χ1) is 5.95. The highest BCUT2D eigenvalue weighted by Gasteiger charge is 1.93. The molecule has 2 heterocycles. The Morgan fingerprint density at radius 2 is 2.33 bits per heavy atom. The van der Waals surface area contributed by atoms with E-state index in [1.54, 1.807) is 17.2 Å². The van der Waals surface area contributed by atoms with Crippen LogP contribution in [-0.4, -0.2) is 19.7 Å². The molecule has 0 aliphatic heterocycles. The van der Waals surface area contributed by atoms with Crippen LogP contribution in [0, 0.1) is 0 Å². The Kier molecular flexibility index (Phi) is 1.82. The van der Waals surface area contributed by atoms with E-state index in [2.05, 4.69) is 15.1 Å². The van der Waals surface area contributed by atoms with Gasteiger partial charge in [-0.15, -0.1) is 0 Å². The Hall–Kier alpha value is -1.71. The molecule has 12 heavy (non-hydrogen) atoms. The Morgan fingerprint density at radius 1 is 1.33 bits per heavy atom. The maximum absolute atomic E-state index is 4.00. The lowest BCUT2D eigenvalue weighted by Crippen LogP contribution is -1.99. The summed E-state index contributed by atoms with van der Waals surface area (Å²) in [6.45, 7) is 0.730. The quantitative estimate of drug-likeness (QED) is 0.650. The number of hydrogen-bond acceptors (Lipinski definition) is 3. The molecule has 2 aromatic rings. The molecule has 0 N–H and O–H groups in total. The zero-order valence-corrected chi connectivity index (χ0v) is 6.46. The minimum Gasteiger partial charge on any atom is -0.264 e. The van der Waals surface area contributed by atoms with Gasteiger partial charge in [0.05, 0.1) is 6.54 Å². The first kappa shape index (κ1) is 6.97. The fourth-order valence-electron chi connectivity index (χ4n) is 0.993. The van der Waals surface area contributed by atoms with Gasteiger partial charge in [0.15, 0.2) is 0 Å². The molecule has 4 heteroatoms. The number of aromatic nitrogens is 4. The summed E-state index contributed by atoms with van der Waals surface area (Å²) in [7, 11) is 0. The molecular weight excluding hydrogens is 152 g/mol. The van der Waals surface area contributed by atoms with Crippen LogP contribution in [0.25, 0.3) is 0 Å². The summed E-state index contributed by atoms with van der Waals surface area (Å²) >= 11 is 0. The second kappa shape index (κ2) is 3.13. The highest BCUT2D eigenvalue weighted by molar-refractivity contribution is 5.08. The first-order valence-corrected chi connectivity index (χ1v) is 3.66. The Bertz CT molecular complexity index is 327. The molecule has 0 amide bonds. The van der Waals surface area contributed by atoms with E-state index >= 15 is 0 Å².